The van der Waals surface area contributed by atoms with E-state index < -0.39 is 0 Å². The molecule has 2 rings (SSSR count). The third kappa shape index (κ3) is 1.94. The van der Waals surface area contributed by atoms with Gasteiger partial charge in [0.1, 0.15) is 0 Å². The Labute approximate surface area is 79.7 Å². The number of aromatic amines is 1. The second-order valence-corrected chi connectivity index (χ2v) is 4.30. The van der Waals surface area contributed by atoms with E-state index in [1.54, 1.807) is 0 Å². The van der Waals surface area contributed by atoms with E-state index in [1.807, 2.05) is 0 Å². The fourth-order valence-electron chi connectivity index (χ4n) is 1.81. The smallest absolute Gasteiger partial charge is 0.0225 e. The van der Waals surface area contributed by atoms with Gasteiger partial charge in [-0.15, -0.1) is 0 Å². The Hall–Kier alpha value is -0.760. The molecule has 1 aromatic rings. The topological polar surface area (TPSA) is 27.8 Å². The lowest BCUT2D eigenvalue weighted by molar-refractivity contribution is 0.651. The van der Waals surface area contributed by atoms with E-state index in [2.05, 4.69) is 37.1 Å². The minimum Gasteiger partial charge on any atom is -0.362 e. The van der Waals surface area contributed by atoms with Crippen LogP contribution in [0.2, 0.25) is 0 Å². The largest absolute Gasteiger partial charge is 0.362 e. The van der Waals surface area contributed by atoms with Crippen LogP contribution in [0.25, 0.3) is 0 Å². The Morgan fingerprint density at radius 2 is 2.23 bits per heavy atom. The van der Waals surface area contributed by atoms with Crippen molar-refractivity contribution in [3.8, 4) is 0 Å². The lowest BCUT2D eigenvalue weighted by atomic mass is 10.2. The van der Waals surface area contributed by atoms with Crippen LogP contribution in [0.1, 0.15) is 30.3 Å². The first-order valence-electron chi connectivity index (χ1n) is 5.05. The second-order valence-electron chi connectivity index (χ2n) is 4.30. The molecule has 0 radical (unpaired) electrons. The van der Waals surface area contributed by atoms with Crippen molar-refractivity contribution < 1.29 is 0 Å². The predicted molar refractivity (Wildman–Crippen MR) is 54.7 cm³/mol. The van der Waals surface area contributed by atoms with Crippen molar-refractivity contribution in [3.63, 3.8) is 0 Å². The van der Waals surface area contributed by atoms with Gasteiger partial charge in [0.15, 0.2) is 0 Å². The number of aryl methyl sites for hydroxylation is 2. The van der Waals surface area contributed by atoms with Gasteiger partial charge in [0.2, 0.25) is 0 Å². The summed E-state index contributed by atoms with van der Waals surface area (Å²) >= 11 is 0. The molecule has 1 saturated carbocycles. The van der Waals surface area contributed by atoms with Gasteiger partial charge in [0, 0.05) is 24.0 Å². The van der Waals surface area contributed by atoms with E-state index >= 15 is 0 Å². The first kappa shape index (κ1) is 8.82. The first-order valence-corrected chi connectivity index (χ1v) is 5.05. The van der Waals surface area contributed by atoms with E-state index in [1.165, 1.54) is 23.4 Å². The minimum atomic E-state index is 0.773. The molecule has 2 N–H and O–H groups in total. The third-order valence-electron chi connectivity index (χ3n) is 2.92. The van der Waals surface area contributed by atoms with Gasteiger partial charge >= 0.3 is 0 Å². The van der Waals surface area contributed by atoms with Crippen LogP contribution < -0.4 is 5.32 Å². The van der Waals surface area contributed by atoms with E-state index in [-0.39, 0.29) is 0 Å². The fraction of sp³-hybridized carbons (Fsp3) is 0.636. The van der Waals surface area contributed by atoms with Gasteiger partial charge in [-0.1, -0.05) is 6.92 Å². The number of rotatable bonds is 3. The van der Waals surface area contributed by atoms with Crippen LogP contribution in [0.3, 0.4) is 0 Å². The van der Waals surface area contributed by atoms with Crippen LogP contribution in [0.5, 0.6) is 0 Å². The van der Waals surface area contributed by atoms with Gasteiger partial charge in [0.05, 0.1) is 0 Å². The van der Waals surface area contributed by atoms with Crippen molar-refractivity contribution in [2.24, 2.45) is 5.92 Å². The van der Waals surface area contributed by atoms with Gasteiger partial charge in [-0.05, 0) is 37.8 Å². The summed E-state index contributed by atoms with van der Waals surface area (Å²) < 4.78 is 0. The van der Waals surface area contributed by atoms with E-state index in [0.29, 0.717) is 0 Å². The molecule has 2 heteroatoms. The Bertz CT molecular complexity index is 301. The maximum absolute atomic E-state index is 3.56. The molecular weight excluding hydrogens is 160 g/mol. The highest BCUT2D eigenvalue weighted by atomic mass is 15.0. The minimum absolute atomic E-state index is 0.773. The van der Waals surface area contributed by atoms with Crippen molar-refractivity contribution in [2.75, 3.05) is 0 Å². The summed E-state index contributed by atoms with van der Waals surface area (Å²) in [4.78, 5) is 3.32. The lowest BCUT2D eigenvalue weighted by Gasteiger charge is -2.01. The summed E-state index contributed by atoms with van der Waals surface area (Å²) in [6.45, 7) is 7.56. The highest BCUT2D eigenvalue weighted by molar-refractivity contribution is 5.24. The third-order valence-corrected chi connectivity index (χ3v) is 2.92. The zero-order chi connectivity index (χ0) is 9.42. The summed E-state index contributed by atoms with van der Waals surface area (Å²) in [5.74, 6) is 0.889. The molecule has 0 amide bonds. The normalized spacial score (nSPS) is 26.4. The van der Waals surface area contributed by atoms with Crippen LogP contribution >= 0.6 is 0 Å². The summed E-state index contributed by atoms with van der Waals surface area (Å²) in [6, 6.07) is 3.00. The maximum atomic E-state index is 3.56. The van der Waals surface area contributed by atoms with E-state index in [9.17, 15) is 0 Å². The number of H-pyrrole nitrogens is 1. The zero-order valence-electron chi connectivity index (χ0n) is 8.65. The van der Waals surface area contributed by atoms with Crippen molar-refractivity contribution in [1.82, 2.24) is 10.3 Å². The molecule has 1 aliphatic carbocycles. The Balaban J connectivity index is 1.90. The molecule has 0 aliphatic heterocycles. The molecule has 0 aromatic carbocycles. The molecule has 2 atom stereocenters. The molecule has 1 fully saturated rings. The monoisotopic (exact) mass is 178 g/mol. The van der Waals surface area contributed by atoms with Crippen molar-refractivity contribution >= 4 is 0 Å². The van der Waals surface area contributed by atoms with Crippen molar-refractivity contribution in [3.05, 3.63) is 23.0 Å². The SMILES string of the molecule is Cc1cc(CNC2CC2C)c(C)[nH]1. The standard InChI is InChI=1S/C11H18N2/c1-7-4-11(7)12-6-10-5-8(2)13-9(10)3/h5,7,11-13H,4,6H2,1-3H3. The predicted octanol–water partition coefficient (Wildman–Crippen LogP) is 2.13. The average Bonchev–Trinajstić information content (AvgIpc) is 2.65. The molecule has 72 valence electrons. The molecule has 2 nitrogen and oxygen atoms in total. The molecule has 0 saturated heterocycles. The molecule has 1 aliphatic rings. The maximum Gasteiger partial charge on any atom is 0.0225 e. The molecular formula is C11H18N2. The van der Waals surface area contributed by atoms with Crippen LogP contribution in [0, 0.1) is 19.8 Å². The van der Waals surface area contributed by atoms with Gasteiger partial charge in [-0.25, -0.2) is 0 Å². The average molecular weight is 178 g/mol. The van der Waals surface area contributed by atoms with Crippen molar-refractivity contribution in [1.29, 1.82) is 0 Å². The lowest BCUT2D eigenvalue weighted by Crippen LogP contribution is -2.17. The van der Waals surface area contributed by atoms with E-state index in [4.69, 9.17) is 0 Å². The van der Waals surface area contributed by atoms with Gasteiger partial charge < -0.3 is 10.3 Å². The van der Waals surface area contributed by atoms with Gasteiger partial charge in [-0.3, -0.25) is 0 Å². The van der Waals surface area contributed by atoms with Crippen LogP contribution in [-0.2, 0) is 6.54 Å². The first-order chi connectivity index (χ1) is 6.16. The Morgan fingerprint density at radius 1 is 1.54 bits per heavy atom. The summed E-state index contributed by atoms with van der Waals surface area (Å²) in [7, 11) is 0. The highest BCUT2D eigenvalue weighted by Gasteiger charge is 2.31. The zero-order valence-corrected chi connectivity index (χ0v) is 8.65. The number of hydrogen-bond donors (Lipinski definition) is 2. The quantitative estimate of drug-likeness (QED) is 0.729. The summed E-state index contributed by atoms with van der Waals surface area (Å²) in [6.07, 6.45) is 1.35. The molecule has 1 aromatic heterocycles. The van der Waals surface area contributed by atoms with Gasteiger partial charge in [0.25, 0.3) is 0 Å². The van der Waals surface area contributed by atoms with Crippen LogP contribution in [-0.4, -0.2) is 11.0 Å². The highest BCUT2D eigenvalue weighted by Crippen LogP contribution is 2.29. The second kappa shape index (κ2) is 3.18. The molecule has 13 heavy (non-hydrogen) atoms. The fourth-order valence-corrected chi connectivity index (χ4v) is 1.81. The molecule has 0 bridgehead atoms. The number of nitrogens with one attached hydrogen (secondary N) is 2. The van der Waals surface area contributed by atoms with Gasteiger partial charge in [-0.2, -0.15) is 0 Å². The summed E-state index contributed by atoms with van der Waals surface area (Å²) in [5.41, 5.74) is 3.98. The van der Waals surface area contributed by atoms with E-state index in [0.717, 1.165) is 18.5 Å². The van der Waals surface area contributed by atoms with Crippen molar-refractivity contribution in [2.45, 2.75) is 39.8 Å². The van der Waals surface area contributed by atoms with Crippen LogP contribution in [0.15, 0.2) is 6.07 Å². The van der Waals surface area contributed by atoms with Crippen LogP contribution in [0.4, 0.5) is 0 Å². The molecule has 0 spiro atoms. The number of hydrogen-bond acceptors (Lipinski definition) is 1. The molecule has 2 unspecified atom stereocenters. The number of aromatic nitrogens is 1. The summed E-state index contributed by atoms with van der Waals surface area (Å²) in [5, 5.41) is 3.56. The Morgan fingerprint density at radius 3 is 2.69 bits per heavy atom. The molecule has 1 heterocycles. The Kier molecular flexibility index (Phi) is 2.16.